The molecule has 1 heterocycles. The smallest absolute Gasteiger partial charge is 0.269 e. The van der Waals surface area contributed by atoms with Crippen molar-refractivity contribution in [2.45, 2.75) is 12.5 Å². The van der Waals surface area contributed by atoms with Gasteiger partial charge in [-0.2, -0.15) is 0 Å². The number of rotatable bonds is 4. The Morgan fingerprint density at radius 2 is 2.00 bits per heavy atom. The van der Waals surface area contributed by atoms with Crippen LogP contribution in [0.15, 0.2) is 35.7 Å². The lowest BCUT2D eigenvalue weighted by atomic mass is 10.1. The number of nitrogens with two attached hydrogens (primary N) is 1. The van der Waals surface area contributed by atoms with E-state index in [0.29, 0.717) is 11.4 Å². The van der Waals surface area contributed by atoms with Crippen LogP contribution in [-0.2, 0) is 6.42 Å². The van der Waals surface area contributed by atoms with Gasteiger partial charge in [-0.3, -0.25) is 10.1 Å². The summed E-state index contributed by atoms with van der Waals surface area (Å²) in [5.41, 5.74) is 7.10. The Balaban J connectivity index is 2.10. The molecule has 1 unspecified atom stereocenters. The molecule has 0 saturated carbocycles. The van der Waals surface area contributed by atoms with Crippen molar-refractivity contribution >= 4 is 28.6 Å². The van der Waals surface area contributed by atoms with E-state index in [2.05, 4.69) is 0 Å². The molecule has 6 heteroatoms. The molecule has 0 spiro atoms. The fourth-order valence-corrected chi connectivity index (χ4v) is 2.87. The summed E-state index contributed by atoms with van der Waals surface area (Å²) in [5.74, 6) is 0. The normalized spacial score (nSPS) is 12.3. The zero-order chi connectivity index (χ0) is 13.1. The van der Waals surface area contributed by atoms with Gasteiger partial charge in [-0.1, -0.05) is 23.7 Å². The fourth-order valence-electron chi connectivity index (χ4n) is 1.67. The molecule has 2 N–H and O–H groups in total. The molecule has 0 aliphatic carbocycles. The molecule has 1 atom stereocenters. The zero-order valence-corrected chi connectivity index (χ0v) is 10.9. The van der Waals surface area contributed by atoms with Crippen molar-refractivity contribution < 1.29 is 4.92 Å². The summed E-state index contributed by atoms with van der Waals surface area (Å²) in [5, 5.41) is 13.1. The summed E-state index contributed by atoms with van der Waals surface area (Å²) in [7, 11) is 0. The van der Waals surface area contributed by atoms with Gasteiger partial charge in [0.1, 0.15) is 0 Å². The molecule has 94 valence electrons. The van der Waals surface area contributed by atoms with E-state index in [0.717, 1.165) is 10.4 Å². The van der Waals surface area contributed by atoms with Crippen LogP contribution >= 0.6 is 22.9 Å². The molecular weight excluding hydrogens is 272 g/mol. The number of hydrogen-bond acceptors (Lipinski definition) is 4. The molecule has 4 nitrogen and oxygen atoms in total. The van der Waals surface area contributed by atoms with E-state index >= 15 is 0 Å². The molecule has 0 bridgehead atoms. The monoisotopic (exact) mass is 282 g/mol. The molecule has 1 aromatic carbocycles. The van der Waals surface area contributed by atoms with Crippen LogP contribution in [0.3, 0.4) is 0 Å². The van der Waals surface area contributed by atoms with Crippen LogP contribution in [0.4, 0.5) is 5.69 Å². The highest BCUT2D eigenvalue weighted by Gasteiger charge is 2.13. The van der Waals surface area contributed by atoms with E-state index in [1.54, 1.807) is 12.1 Å². The van der Waals surface area contributed by atoms with Crippen molar-refractivity contribution in [2.24, 2.45) is 5.73 Å². The second-order valence-electron chi connectivity index (χ2n) is 3.87. The van der Waals surface area contributed by atoms with Gasteiger partial charge in [0.05, 0.1) is 9.95 Å². The van der Waals surface area contributed by atoms with Crippen LogP contribution < -0.4 is 5.73 Å². The molecule has 0 aliphatic rings. The van der Waals surface area contributed by atoms with Crippen molar-refractivity contribution in [3.8, 4) is 0 Å². The van der Waals surface area contributed by atoms with Gasteiger partial charge in [0.2, 0.25) is 0 Å². The third kappa shape index (κ3) is 2.87. The Morgan fingerprint density at radius 1 is 1.33 bits per heavy atom. The number of nitro benzene ring substituents is 1. The van der Waals surface area contributed by atoms with E-state index in [1.807, 2.05) is 11.4 Å². The number of nitrogens with zero attached hydrogens (tertiary/aromatic N) is 1. The van der Waals surface area contributed by atoms with Gasteiger partial charge in [0, 0.05) is 23.1 Å². The van der Waals surface area contributed by atoms with Crippen molar-refractivity contribution in [1.82, 2.24) is 0 Å². The van der Waals surface area contributed by atoms with Gasteiger partial charge in [-0.15, -0.1) is 11.3 Å². The summed E-state index contributed by atoms with van der Waals surface area (Å²) in [6, 6.07) is 8.05. The summed E-state index contributed by atoms with van der Waals surface area (Å²) in [6.45, 7) is 0. The first-order valence-corrected chi connectivity index (χ1v) is 6.55. The first-order valence-electron chi connectivity index (χ1n) is 5.29. The van der Waals surface area contributed by atoms with Crippen LogP contribution in [0.2, 0.25) is 5.02 Å². The first-order chi connectivity index (χ1) is 8.58. The lowest BCUT2D eigenvalue weighted by molar-refractivity contribution is -0.384. The second-order valence-corrected chi connectivity index (χ2v) is 5.22. The maximum atomic E-state index is 10.5. The summed E-state index contributed by atoms with van der Waals surface area (Å²) in [4.78, 5) is 11.1. The van der Waals surface area contributed by atoms with Crippen LogP contribution in [-0.4, -0.2) is 4.92 Å². The maximum absolute atomic E-state index is 10.5. The van der Waals surface area contributed by atoms with E-state index < -0.39 is 4.92 Å². The van der Waals surface area contributed by atoms with E-state index in [9.17, 15) is 10.1 Å². The van der Waals surface area contributed by atoms with Crippen LogP contribution in [0.5, 0.6) is 0 Å². The highest BCUT2D eigenvalue weighted by Crippen LogP contribution is 2.29. The van der Waals surface area contributed by atoms with E-state index in [4.69, 9.17) is 17.3 Å². The first kappa shape index (κ1) is 13.0. The Morgan fingerprint density at radius 3 is 2.50 bits per heavy atom. The van der Waals surface area contributed by atoms with Crippen LogP contribution in [0.25, 0.3) is 0 Å². The standard InChI is InChI=1S/C12H11ClN2O2S/c13-10-5-6-18-12(10)11(14)7-8-1-3-9(4-2-8)15(16)17/h1-6,11H,7,14H2. The molecule has 0 amide bonds. The minimum atomic E-state index is -0.417. The molecule has 0 aliphatic heterocycles. The topological polar surface area (TPSA) is 69.2 Å². The van der Waals surface area contributed by atoms with Crippen molar-refractivity contribution in [3.05, 3.63) is 61.3 Å². The van der Waals surface area contributed by atoms with Gasteiger partial charge < -0.3 is 5.73 Å². The number of hydrogen-bond donors (Lipinski definition) is 1. The number of nitro groups is 1. The molecule has 0 saturated heterocycles. The van der Waals surface area contributed by atoms with Crippen LogP contribution in [0.1, 0.15) is 16.5 Å². The van der Waals surface area contributed by atoms with Crippen molar-refractivity contribution in [3.63, 3.8) is 0 Å². The summed E-state index contributed by atoms with van der Waals surface area (Å²) in [6.07, 6.45) is 0.609. The minimum absolute atomic E-state index is 0.0847. The Labute approximate surface area is 113 Å². The Bertz CT molecular complexity index is 553. The molecule has 2 rings (SSSR count). The summed E-state index contributed by atoms with van der Waals surface area (Å²) < 4.78 is 0. The predicted molar refractivity (Wildman–Crippen MR) is 73.1 cm³/mol. The molecule has 0 fully saturated rings. The summed E-state index contributed by atoms with van der Waals surface area (Å²) >= 11 is 7.53. The number of non-ortho nitro benzene ring substituents is 1. The molecular formula is C12H11ClN2O2S. The van der Waals surface area contributed by atoms with Gasteiger partial charge >= 0.3 is 0 Å². The minimum Gasteiger partial charge on any atom is -0.323 e. The highest BCUT2D eigenvalue weighted by molar-refractivity contribution is 7.10. The maximum Gasteiger partial charge on any atom is 0.269 e. The number of benzene rings is 1. The Hall–Kier alpha value is -1.43. The average Bonchev–Trinajstić information content (AvgIpc) is 2.76. The van der Waals surface area contributed by atoms with Crippen LogP contribution in [0, 0.1) is 10.1 Å². The molecule has 2 aromatic rings. The Kier molecular flexibility index (Phi) is 3.96. The average molecular weight is 283 g/mol. The van der Waals surface area contributed by atoms with Gasteiger partial charge in [-0.05, 0) is 23.4 Å². The van der Waals surface area contributed by atoms with Gasteiger partial charge in [0.25, 0.3) is 5.69 Å². The van der Waals surface area contributed by atoms with E-state index in [1.165, 1.54) is 23.5 Å². The fraction of sp³-hybridized carbons (Fsp3) is 0.167. The highest BCUT2D eigenvalue weighted by atomic mass is 35.5. The molecule has 18 heavy (non-hydrogen) atoms. The van der Waals surface area contributed by atoms with Crippen molar-refractivity contribution in [2.75, 3.05) is 0 Å². The quantitative estimate of drug-likeness (QED) is 0.689. The van der Waals surface area contributed by atoms with Gasteiger partial charge in [0.15, 0.2) is 0 Å². The van der Waals surface area contributed by atoms with Gasteiger partial charge in [-0.25, -0.2) is 0 Å². The lowest BCUT2D eigenvalue weighted by Crippen LogP contribution is -2.12. The third-order valence-corrected chi connectivity index (χ3v) is 4.07. The van der Waals surface area contributed by atoms with Crippen molar-refractivity contribution in [1.29, 1.82) is 0 Å². The number of halogens is 1. The largest absolute Gasteiger partial charge is 0.323 e. The third-order valence-electron chi connectivity index (χ3n) is 2.58. The molecule has 1 aromatic heterocycles. The SMILES string of the molecule is NC(Cc1ccc([N+](=O)[O-])cc1)c1sccc1Cl. The lowest BCUT2D eigenvalue weighted by Gasteiger charge is -2.10. The second kappa shape index (κ2) is 5.48. The predicted octanol–water partition coefficient (Wildman–Crippen LogP) is 3.55. The van der Waals surface area contributed by atoms with E-state index in [-0.39, 0.29) is 11.7 Å². The zero-order valence-electron chi connectivity index (χ0n) is 9.38. The molecule has 0 radical (unpaired) electrons. The number of thiophene rings is 1.